The maximum atomic E-state index is 6.31. The minimum absolute atomic E-state index is 0.251. The van der Waals surface area contributed by atoms with Gasteiger partial charge in [-0.15, -0.1) is 0 Å². The van der Waals surface area contributed by atoms with Crippen molar-refractivity contribution in [2.24, 2.45) is 0 Å². The summed E-state index contributed by atoms with van der Waals surface area (Å²) in [6, 6.07) is 12.9. The van der Waals surface area contributed by atoms with E-state index in [4.69, 9.17) is 31.5 Å². The van der Waals surface area contributed by atoms with Crippen LogP contribution in [0.5, 0.6) is 0 Å². The fraction of sp³-hybridized carbons (Fsp3) is 0.300. The molecule has 51 heavy (non-hydrogen) atoms. The third-order valence-electron chi connectivity index (χ3n) is 10.7. The molecule has 0 N–H and O–H groups in total. The Balaban J connectivity index is 0.965. The van der Waals surface area contributed by atoms with E-state index in [0.29, 0.717) is 11.4 Å². The molecule has 8 heterocycles. The number of hydrogen-bond donors (Lipinski definition) is 0. The minimum Gasteiger partial charge on any atom is -0.303 e. The minimum atomic E-state index is 0.251. The number of fused-ring (bicyclic) bond motifs is 7. The van der Waals surface area contributed by atoms with Crippen molar-refractivity contribution in [3.8, 4) is 0 Å². The molecule has 0 aromatic carbocycles. The molecular weight excluding hydrogens is 656 g/mol. The summed E-state index contributed by atoms with van der Waals surface area (Å²) in [4.78, 5) is 34.1. The van der Waals surface area contributed by atoms with Crippen LogP contribution in [-0.2, 0) is 38.5 Å². The molecule has 9 rings (SSSR count). The predicted molar refractivity (Wildman–Crippen MR) is 197 cm³/mol. The van der Waals surface area contributed by atoms with Gasteiger partial charge in [-0.25, -0.2) is 29.9 Å². The monoisotopic (exact) mass is 693 g/mol. The van der Waals surface area contributed by atoms with Crippen LogP contribution < -0.4 is 4.57 Å². The number of hydrogen-bond acceptors (Lipinski definition) is 7. The van der Waals surface area contributed by atoms with Crippen LogP contribution in [0.1, 0.15) is 68.8 Å². The van der Waals surface area contributed by atoms with Gasteiger partial charge < -0.3 is 8.80 Å². The predicted octanol–water partition coefficient (Wildman–Crippen LogP) is 6.66. The number of aromatic nitrogens is 10. The Bertz CT molecular complexity index is 2670. The number of imidazole rings is 2. The molecule has 0 saturated heterocycles. The van der Waals surface area contributed by atoms with Gasteiger partial charge in [-0.1, -0.05) is 11.6 Å². The lowest BCUT2D eigenvalue weighted by molar-refractivity contribution is -0.696. The Morgan fingerprint density at radius 1 is 0.686 bits per heavy atom. The van der Waals surface area contributed by atoms with Gasteiger partial charge >= 0.3 is 0 Å². The number of nitrogens with zero attached hydrogens (tertiary/aromatic N) is 10. The Kier molecular flexibility index (Phi) is 7.54. The van der Waals surface area contributed by atoms with E-state index in [-0.39, 0.29) is 6.04 Å². The molecular formula is C40H38ClN10+. The molecule has 10 nitrogen and oxygen atoms in total. The highest BCUT2D eigenvalue weighted by atomic mass is 35.5. The van der Waals surface area contributed by atoms with Crippen LogP contribution in [0, 0.1) is 34.6 Å². The van der Waals surface area contributed by atoms with Crippen molar-refractivity contribution in [3.05, 3.63) is 129 Å². The summed E-state index contributed by atoms with van der Waals surface area (Å²) in [5.74, 6) is 1.68. The smallest absolute Gasteiger partial charge is 0.218 e. The maximum absolute atomic E-state index is 6.31. The van der Waals surface area contributed by atoms with Crippen LogP contribution >= 0.6 is 11.6 Å². The number of pyridine rings is 4. The molecule has 1 aliphatic carbocycles. The Labute approximate surface area is 300 Å². The second kappa shape index (κ2) is 12.2. The summed E-state index contributed by atoms with van der Waals surface area (Å²) in [7, 11) is 0. The van der Waals surface area contributed by atoms with Crippen LogP contribution in [-0.4, -0.2) is 43.7 Å². The molecule has 11 heteroatoms. The van der Waals surface area contributed by atoms with E-state index in [1.54, 1.807) is 0 Å². The second-order valence-corrected chi connectivity index (χ2v) is 14.2. The van der Waals surface area contributed by atoms with Crippen LogP contribution in [0.2, 0.25) is 5.02 Å². The zero-order valence-electron chi connectivity index (χ0n) is 29.4. The largest absolute Gasteiger partial charge is 0.303 e. The summed E-state index contributed by atoms with van der Waals surface area (Å²) in [6.45, 7) is 10.3. The number of halogens is 1. The highest BCUT2D eigenvalue weighted by Gasteiger charge is 2.33. The summed E-state index contributed by atoms with van der Waals surface area (Å²) < 4.78 is 6.78. The molecule has 0 aliphatic heterocycles. The van der Waals surface area contributed by atoms with Crippen LogP contribution in [0.4, 0.5) is 0 Å². The van der Waals surface area contributed by atoms with Crippen LogP contribution in [0.15, 0.2) is 61.2 Å². The van der Waals surface area contributed by atoms with Crippen molar-refractivity contribution in [1.29, 1.82) is 0 Å². The van der Waals surface area contributed by atoms with Gasteiger partial charge in [0.1, 0.15) is 17.3 Å². The zero-order valence-corrected chi connectivity index (χ0v) is 30.2. The number of aryl methyl sites for hydroxylation is 9. The number of rotatable bonds is 7. The quantitative estimate of drug-likeness (QED) is 0.172. The van der Waals surface area contributed by atoms with Gasteiger partial charge in [0.15, 0.2) is 17.9 Å². The van der Waals surface area contributed by atoms with Crippen molar-refractivity contribution in [2.75, 3.05) is 0 Å². The van der Waals surface area contributed by atoms with E-state index in [0.717, 1.165) is 117 Å². The summed E-state index contributed by atoms with van der Waals surface area (Å²) in [5.41, 5.74) is 13.6. The molecule has 0 spiro atoms. The highest BCUT2D eigenvalue weighted by Crippen LogP contribution is 2.30. The average molecular weight is 694 g/mol. The van der Waals surface area contributed by atoms with E-state index in [1.165, 1.54) is 11.1 Å². The first-order valence-electron chi connectivity index (χ1n) is 17.6. The summed E-state index contributed by atoms with van der Waals surface area (Å²) in [6.07, 6.45) is 13.0. The molecule has 8 aromatic heterocycles. The maximum Gasteiger partial charge on any atom is 0.218 e. The summed E-state index contributed by atoms with van der Waals surface area (Å²) >= 11 is 6.31. The molecule has 1 unspecified atom stereocenters. The van der Waals surface area contributed by atoms with Gasteiger partial charge in [0, 0.05) is 78.0 Å². The summed E-state index contributed by atoms with van der Waals surface area (Å²) in [5, 5.41) is 2.83. The zero-order chi connectivity index (χ0) is 35.0. The lowest BCUT2D eigenvalue weighted by Gasteiger charge is -2.08. The molecule has 0 saturated carbocycles. The van der Waals surface area contributed by atoms with Crippen molar-refractivity contribution < 1.29 is 4.57 Å². The molecule has 0 radical (unpaired) electrons. The molecule has 0 fully saturated rings. The van der Waals surface area contributed by atoms with Crippen LogP contribution in [0.25, 0.3) is 33.1 Å². The Morgan fingerprint density at radius 3 is 2.04 bits per heavy atom. The molecule has 1 aliphatic rings. The third kappa shape index (κ3) is 5.31. The lowest BCUT2D eigenvalue weighted by Crippen LogP contribution is -2.40. The topological polar surface area (TPSA) is 103 Å². The van der Waals surface area contributed by atoms with E-state index in [1.807, 2.05) is 26.1 Å². The van der Waals surface area contributed by atoms with E-state index in [9.17, 15) is 0 Å². The van der Waals surface area contributed by atoms with Crippen molar-refractivity contribution in [2.45, 2.75) is 79.2 Å². The van der Waals surface area contributed by atoms with Crippen LogP contribution in [0.3, 0.4) is 0 Å². The fourth-order valence-electron chi connectivity index (χ4n) is 7.93. The SMILES string of the molecule is Cc1nc(CCc2nc3c4ccc[n+](C5Cc6nc(CCc7nc8c9cccnc9ccn8c7C)nc(C)c6C5)c4ccn3c2C)nc(C)c1Cl. The van der Waals surface area contributed by atoms with E-state index < -0.39 is 0 Å². The van der Waals surface area contributed by atoms with E-state index >= 15 is 0 Å². The highest BCUT2D eigenvalue weighted by molar-refractivity contribution is 6.31. The fourth-order valence-corrected chi connectivity index (χ4v) is 8.01. The Morgan fingerprint density at radius 2 is 1.31 bits per heavy atom. The van der Waals surface area contributed by atoms with Crippen molar-refractivity contribution >= 4 is 44.7 Å². The van der Waals surface area contributed by atoms with Gasteiger partial charge in [0.2, 0.25) is 5.52 Å². The van der Waals surface area contributed by atoms with Gasteiger partial charge in [-0.2, -0.15) is 4.57 Å². The molecule has 0 bridgehead atoms. The van der Waals surface area contributed by atoms with Crippen molar-refractivity contribution in [3.63, 3.8) is 0 Å². The second-order valence-electron chi connectivity index (χ2n) is 13.8. The van der Waals surface area contributed by atoms with E-state index in [2.05, 4.69) is 98.0 Å². The van der Waals surface area contributed by atoms with Gasteiger partial charge in [0.25, 0.3) is 0 Å². The van der Waals surface area contributed by atoms with Gasteiger partial charge in [0.05, 0.1) is 50.8 Å². The van der Waals surface area contributed by atoms with Gasteiger partial charge in [-0.05, 0) is 71.7 Å². The van der Waals surface area contributed by atoms with Gasteiger partial charge in [-0.3, -0.25) is 4.98 Å². The first-order valence-corrected chi connectivity index (χ1v) is 18.0. The molecule has 0 amide bonds. The van der Waals surface area contributed by atoms with Crippen molar-refractivity contribution in [1.82, 2.24) is 43.7 Å². The molecule has 8 aromatic rings. The first-order chi connectivity index (χ1) is 24.7. The average Bonchev–Trinajstić information content (AvgIpc) is 3.81. The third-order valence-corrected chi connectivity index (χ3v) is 11.2. The first kappa shape index (κ1) is 31.6. The normalized spacial score (nSPS) is 14.4. The standard InChI is InChI=1S/C40H38ClN10/c1-22-30-20-27(21-34(30)46-37(43-22)13-11-31-25(4)49-18-14-33-28(39(49)47-31)8-6-16-42-33)51-17-7-9-29-35(51)15-19-50-26(5)32(48-40(29)50)10-12-36-44-23(2)38(41)24(3)45-36/h6-9,14-19,27H,10-13,20-21H2,1-5H3/q+1. The molecule has 254 valence electrons. The Hall–Kier alpha value is -5.35. The molecule has 1 atom stereocenters. The lowest BCUT2D eigenvalue weighted by atomic mass is 10.1.